The van der Waals surface area contributed by atoms with Crippen LogP contribution in [0.5, 0.6) is 11.5 Å². The van der Waals surface area contributed by atoms with Crippen LogP contribution in [0.4, 0.5) is 0 Å². The molecule has 2 rings (SSSR count). The summed E-state index contributed by atoms with van der Waals surface area (Å²) in [6.07, 6.45) is 0. The minimum atomic E-state index is 0.139. The number of nitrogens with one attached hydrogen (secondary N) is 1. The Kier molecular flexibility index (Phi) is 4.91. The predicted molar refractivity (Wildman–Crippen MR) is 84.0 cm³/mol. The number of phenolic OH excluding ortho intramolecular Hbond substituents is 1. The van der Waals surface area contributed by atoms with Gasteiger partial charge >= 0.3 is 0 Å². The van der Waals surface area contributed by atoms with Crippen molar-refractivity contribution in [2.24, 2.45) is 0 Å². The quantitative estimate of drug-likeness (QED) is 0.852. The molecule has 0 fully saturated rings. The van der Waals surface area contributed by atoms with Crippen molar-refractivity contribution in [3.63, 3.8) is 0 Å². The highest BCUT2D eigenvalue weighted by atomic mass is 35.5. The smallest absolute Gasteiger partial charge is 0.160 e. The minimum Gasteiger partial charge on any atom is -0.504 e. The van der Waals surface area contributed by atoms with Gasteiger partial charge in [-0.3, -0.25) is 0 Å². The molecule has 20 heavy (non-hydrogen) atoms. The highest BCUT2D eigenvalue weighted by Crippen LogP contribution is 2.31. The van der Waals surface area contributed by atoms with Crippen molar-refractivity contribution in [1.82, 2.24) is 5.32 Å². The number of benzene rings is 1. The lowest BCUT2D eigenvalue weighted by molar-refractivity contribution is 0.372. The molecule has 5 heteroatoms. The summed E-state index contributed by atoms with van der Waals surface area (Å²) in [6, 6.07) is 9.69. The molecule has 1 aromatic carbocycles. The molecule has 0 radical (unpaired) electrons. The van der Waals surface area contributed by atoms with Gasteiger partial charge in [0.2, 0.25) is 0 Å². The Bertz CT molecular complexity index is 585. The Balaban J connectivity index is 2.09. The molecule has 0 bridgehead atoms. The molecular weight excluding hydrogens is 294 g/mol. The molecule has 0 spiro atoms. The summed E-state index contributed by atoms with van der Waals surface area (Å²) < 4.78 is 5.93. The van der Waals surface area contributed by atoms with Crippen LogP contribution in [0.25, 0.3) is 0 Å². The Hall–Kier alpha value is -1.23. The van der Waals surface area contributed by atoms with Crippen molar-refractivity contribution in [3.05, 3.63) is 45.1 Å². The van der Waals surface area contributed by atoms with E-state index in [-0.39, 0.29) is 17.8 Å². The molecule has 2 unspecified atom stereocenters. The highest BCUT2D eigenvalue weighted by Gasteiger charge is 2.14. The molecule has 0 aliphatic carbocycles. The van der Waals surface area contributed by atoms with Crippen LogP contribution in [-0.4, -0.2) is 12.2 Å². The predicted octanol–water partition coefficient (Wildman–Crippen LogP) is 4.53. The van der Waals surface area contributed by atoms with Crippen molar-refractivity contribution >= 4 is 22.9 Å². The van der Waals surface area contributed by atoms with E-state index in [4.69, 9.17) is 16.3 Å². The van der Waals surface area contributed by atoms with Crippen LogP contribution in [-0.2, 0) is 0 Å². The number of phenols is 1. The number of aromatic hydroxyl groups is 1. The van der Waals surface area contributed by atoms with E-state index in [9.17, 15) is 5.11 Å². The fraction of sp³-hybridized carbons (Fsp3) is 0.333. The third kappa shape index (κ3) is 3.45. The standard InChI is InChI=1S/C15H18ClNO2S/c1-9(11-4-5-12(18)13(8-11)19-3)17-10(2)14-6-7-15(16)20-14/h4-10,17-18H,1-3H3. The monoisotopic (exact) mass is 311 g/mol. The number of methoxy groups -OCH3 is 1. The van der Waals surface area contributed by atoms with Crippen LogP contribution in [0.1, 0.15) is 36.4 Å². The molecule has 2 aromatic rings. The van der Waals surface area contributed by atoms with Crippen molar-refractivity contribution in [3.8, 4) is 11.5 Å². The Labute approximate surface area is 128 Å². The van der Waals surface area contributed by atoms with E-state index in [2.05, 4.69) is 19.2 Å². The largest absolute Gasteiger partial charge is 0.504 e. The van der Waals surface area contributed by atoms with Crippen LogP contribution in [0.2, 0.25) is 4.34 Å². The topological polar surface area (TPSA) is 41.5 Å². The number of hydrogen-bond acceptors (Lipinski definition) is 4. The van der Waals surface area contributed by atoms with E-state index in [1.165, 1.54) is 4.88 Å². The summed E-state index contributed by atoms with van der Waals surface area (Å²) in [4.78, 5) is 1.20. The van der Waals surface area contributed by atoms with Crippen LogP contribution in [0.3, 0.4) is 0 Å². The van der Waals surface area contributed by atoms with E-state index < -0.39 is 0 Å². The van der Waals surface area contributed by atoms with Gasteiger partial charge in [0.25, 0.3) is 0 Å². The maximum absolute atomic E-state index is 9.62. The van der Waals surface area contributed by atoms with Crippen LogP contribution in [0, 0.1) is 0 Å². The van der Waals surface area contributed by atoms with Crippen molar-refractivity contribution in [2.45, 2.75) is 25.9 Å². The molecule has 0 aliphatic heterocycles. The van der Waals surface area contributed by atoms with Gasteiger partial charge in [0.15, 0.2) is 11.5 Å². The molecule has 2 atom stereocenters. The van der Waals surface area contributed by atoms with Crippen molar-refractivity contribution in [2.75, 3.05) is 7.11 Å². The lowest BCUT2D eigenvalue weighted by Gasteiger charge is -2.20. The zero-order valence-electron chi connectivity index (χ0n) is 11.7. The third-order valence-electron chi connectivity index (χ3n) is 3.22. The van der Waals surface area contributed by atoms with Crippen molar-refractivity contribution in [1.29, 1.82) is 0 Å². The SMILES string of the molecule is COc1cc(C(C)NC(C)c2ccc(Cl)s2)ccc1O. The second-order valence-corrected chi connectivity index (χ2v) is 6.43. The van der Waals surface area contributed by atoms with Gasteiger partial charge in [0.1, 0.15) is 0 Å². The molecule has 108 valence electrons. The zero-order chi connectivity index (χ0) is 14.7. The summed E-state index contributed by atoms with van der Waals surface area (Å²) in [5.74, 6) is 0.643. The summed E-state index contributed by atoms with van der Waals surface area (Å²) in [5.41, 5.74) is 1.06. The van der Waals surface area contributed by atoms with Crippen LogP contribution >= 0.6 is 22.9 Å². The first-order valence-corrected chi connectivity index (χ1v) is 7.59. The van der Waals surface area contributed by atoms with Gasteiger partial charge in [-0.1, -0.05) is 17.7 Å². The van der Waals surface area contributed by atoms with Gasteiger partial charge in [-0.15, -0.1) is 11.3 Å². The summed E-state index contributed by atoms with van der Waals surface area (Å²) >= 11 is 7.54. The average Bonchev–Trinajstić information content (AvgIpc) is 2.86. The lowest BCUT2D eigenvalue weighted by Crippen LogP contribution is -2.21. The number of ether oxygens (including phenoxy) is 1. The molecule has 0 saturated heterocycles. The fourth-order valence-corrected chi connectivity index (χ4v) is 3.15. The molecule has 0 aliphatic rings. The minimum absolute atomic E-state index is 0.139. The maximum Gasteiger partial charge on any atom is 0.160 e. The number of halogens is 1. The van der Waals surface area contributed by atoms with Gasteiger partial charge in [0.05, 0.1) is 11.4 Å². The zero-order valence-corrected chi connectivity index (χ0v) is 13.3. The molecule has 0 saturated carbocycles. The van der Waals surface area contributed by atoms with E-state index in [0.29, 0.717) is 5.75 Å². The third-order valence-corrected chi connectivity index (χ3v) is 4.64. The van der Waals surface area contributed by atoms with Gasteiger partial charge in [-0.05, 0) is 43.7 Å². The molecule has 2 N–H and O–H groups in total. The number of rotatable bonds is 5. The molecule has 0 amide bonds. The van der Waals surface area contributed by atoms with Crippen LogP contribution in [0.15, 0.2) is 30.3 Å². The number of thiophene rings is 1. The van der Waals surface area contributed by atoms with E-state index in [0.717, 1.165) is 9.90 Å². The van der Waals surface area contributed by atoms with Gasteiger partial charge in [-0.2, -0.15) is 0 Å². The second-order valence-electron chi connectivity index (χ2n) is 4.68. The Morgan fingerprint density at radius 3 is 2.55 bits per heavy atom. The molecular formula is C15H18ClNO2S. The average molecular weight is 312 g/mol. The molecule has 1 aromatic heterocycles. The first-order valence-electron chi connectivity index (χ1n) is 6.39. The van der Waals surface area contributed by atoms with E-state index in [1.54, 1.807) is 24.5 Å². The molecule has 1 heterocycles. The van der Waals surface area contributed by atoms with Crippen LogP contribution < -0.4 is 10.1 Å². The Morgan fingerprint density at radius 2 is 1.95 bits per heavy atom. The summed E-state index contributed by atoms with van der Waals surface area (Å²) in [5, 5.41) is 13.1. The number of hydrogen-bond donors (Lipinski definition) is 2. The van der Waals surface area contributed by atoms with E-state index >= 15 is 0 Å². The Morgan fingerprint density at radius 1 is 1.20 bits per heavy atom. The second kappa shape index (κ2) is 6.48. The van der Waals surface area contributed by atoms with Gasteiger partial charge in [0, 0.05) is 17.0 Å². The normalized spacial score (nSPS) is 14.0. The fourth-order valence-electron chi connectivity index (χ4n) is 2.08. The van der Waals surface area contributed by atoms with E-state index in [1.807, 2.05) is 24.3 Å². The van der Waals surface area contributed by atoms with Gasteiger partial charge in [-0.25, -0.2) is 0 Å². The summed E-state index contributed by atoms with van der Waals surface area (Å²) in [6.45, 7) is 4.19. The summed E-state index contributed by atoms with van der Waals surface area (Å²) in [7, 11) is 1.55. The lowest BCUT2D eigenvalue weighted by atomic mass is 10.1. The first kappa shape index (κ1) is 15.2. The highest BCUT2D eigenvalue weighted by molar-refractivity contribution is 7.16. The first-order chi connectivity index (χ1) is 9.51. The van der Waals surface area contributed by atoms with Crippen molar-refractivity contribution < 1.29 is 9.84 Å². The maximum atomic E-state index is 9.62. The molecule has 3 nitrogen and oxygen atoms in total. The van der Waals surface area contributed by atoms with Gasteiger partial charge < -0.3 is 15.2 Å².